The van der Waals surface area contributed by atoms with E-state index in [9.17, 15) is 9.59 Å². The van der Waals surface area contributed by atoms with E-state index in [1.807, 2.05) is 19.1 Å². The van der Waals surface area contributed by atoms with E-state index >= 15 is 0 Å². The topological polar surface area (TPSA) is 59.9 Å². The molecule has 0 radical (unpaired) electrons. The van der Waals surface area contributed by atoms with Crippen LogP contribution in [0.1, 0.15) is 33.0 Å². The normalized spacial score (nSPS) is 10.1. The molecule has 4 heteroatoms. The number of hydrogen-bond acceptors (Lipinski definition) is 4. The van der Waals surface area contributed by atoms with Crippen LogP contribution in [0.5, 0.6) is 0 Å². The maximum absolute atomic E-state index is 11.9. The Bertz CT molecular complexity index is 562. The molecule has 4 nitrogen and oxygen atoms in total. The van der Waals surface area contributed by atoms with Gasteiger partial charge in [0.1, 0.15) is 0 Å². The number of aromatic nitrogens is 2. The highest BCUT2D eigenvalue weighted by molar-refractivity contribution is 6.12. The number of carbonyl (C=O) groups is 2. The van der Waals surface area contributed by atoms with Gasteiger partial charge in [-0.05, 0) is 13.0 Å². The predicted molar refractivity (Wildman–Crippen MR) is 66.5 cm³/mol. The van der Waals surface area contributed by atoms with Crippen molar-refractivity contribution in [2.24, 2.45) is 0 Å². The quantitative estimate of drug-likeness (QED) is 0.607. The predicted octanol–water partition coefficient (Wildman–Crippen LogP) is 2.24. The van der Waals surface area contributed by atoms with Gasteiger partial charge in [-0.2, -0.15) is 0 Å². The molecule has 0 amide bonds. The van der Waals surface area contributed by atoms with Gasteiger partial charge >= 0.3 is 0 Å². The molecule has 18 heavy (non-hydrogen) atoms. The summed E-state index contributed by atoms with van der Waals surface area (Å²) in [6.45, 7) is 1.94. The van der Waals surface area contributed by atoms with Crippen molar-refractivity contribution in [1.82, 2.24) is 9.97 Å². The van der Waals surface area contributed by atoms with Crippen molar-refractivity contribution in [1.29, 1.82) is 0 Å². The van der Waals surface area contributed by atoms with Crippen LogP contribution in [0.3, 0.4) is 0 Å². The third kappa shape index (κ3) is 2.85. The van der Waals surface area contributed by atoms with Gasteiger partial charge in [-0.1, -0.05) is 29.8 Å². The number of hydrogen-bond donors (Lipinski definition) is 0. The minimum Gasteiger partial charge on any atom is -0.294 e. The van der Waals surface area contributed by atoms with Crippen molar-refractivity contribution in [3.05, 3.63) is 59.7 Å². The van der Waals surface area contributed by atoms with Gasteiger partial charge in [-0.3, -0.25) is 9.59 Å². The van der Waals surface area contributed by atoms with E-state index in [1.54, 1.807) is 18.2 Å². The molecule has 1 aromatic carbocycles. The molecule has 0 aliphatic carbocycles. The highest BCUT2D eigenvalue weighted by atomic mass is 16.1. The molecule has 0 N–H and O–H groups in total. The second kappa shape index (κ2) is 5.31. The van der Waals surface area contributed by atoms with Gasteiger partial charge in [0.15, 0.2) is 11.6 Å². The lowest BCUT2D eigenvalue weighted by molar-refractivity contribution is 0.0888. The Labute approximate surface area is 105 Å². The van der Waals surface area contributed by atoms with Crippen molar-refractivity contribution in [2.75, 3.05) is 0 Å². The molecule has 1 heterocycles. The van der Waals surface area contributed by atoms with Crippen molar-refractivity contribution in [2.45, 2.75) is 13.3 Å². The molecular formula is C14H12N2O2. The summed E-state index contributed by atoms with van der Waals surface area (Å²) in [5.41, 5.74) is 1.61. The maximum Gasteiger partial charge on any atom is 0.207 e. The zero-order valence-electron chi connectivity index (χ0n) is 9.96. The van der Waals surface area contributed by atoms with Gasteiger partial charge in [0.05, 0.1) is 6.42 Å². The first kappa shape index (κ1) is 12.1. The first-order valence-electron chi connectivity index (χ1n) is 5.57. The van der Waals surface area contributed by atoms with Crippen LogP contribution in [-0.4, -0.2) is 21.5 Å². The smallest absolute Gasteiger partial charge is 0.207 e. The highest BCUT2D eigenvalue weighted by Gasteiger charge is 2.15. The maximum atomic E-state index is 11.9. The molecule has 1 aromatic heterocycles. The molecule has 2 rings (SSSR count). The van der Waals surface area contributed by atoms with Crippen LogP contribution in [0.15, 0.2) is 42.7 Å². The van der Waals surface area contributed by atoms with Crippen molar-refractivity contribution >= 4 is 11.6 Å². The average Bonchev–Trinajstić information content (AvgIpc) is 2.40. The Balaban J connectivity index is 2.08. The van der Waals surface area contributed by atoms with Gasteiger partial charge < -0.3 is 0 Å². The molecule has 0 aliphatic rings. The lowest BCUT2D eigenvalue weighted by Gasteiger charge is -2.00. The monoisotopic (exact) mass is 240 g/mol. The second-order valence-corrected chi connectivity index (χ2v) is 3.96. The van der Waals surface area contributed by atoms with Gasteiger partial charge in [0, 0.05) is 18.0 Å². The summed E-state index contributed by atoms with van der Waals surface area (Å²) in [5, 5.41) is 0. The number of rotatable bonds is 4. The van der Waals surface area contributed by atoms with Crippen LogP contribution in [-0.2, 0) is 0 Å². The SMILES string of the molecule is Cc1ccc(C(=O)CC(=O)c2ncccn2)cc1. The summed E-state index contributed by atoms with van der Waals surface area (Å²) < 4.78 is 0. The fourth-order valence-corrected chi connectivity index (χ4v) is 1.51. The van der Waals surface area contributed by atoms with Crippen LogP contribution in [0, 0.1) is 6.92 Å². The standard InChI is InChI=1S/C14H12N2O2/c1-10-3-5-11(6-4-10)12(17)9-13(18)14-15-7-2-8-16-14/h2-8H,9H2,1H3. The van der Waals surface area contributed by atoms with Gasteiger partial charge in [-0.25, -0.2) is 9.97 Å². The molecule has 0 spiro atoms. The van der Waals surface area contributed by atoms with Gasteiger partial charge in [-0.15, -0.1) is 0 Å². The van der Waals surface area contributed by atoms with E-state index in [1.165, 1.54) is 12.4 Å². The number of ketones is 2. The molecule has 0 fully saturated rings. The molecular weight excluding hydrogens is 228 g/mol. The van der Waals surface area contributed by atoms with E-state index in [4.69, 9.17) is 0 Å². The Hall–Kier alpha value is -2.36. The largest absolute Gasteiger partial charge is 0.294 e. The lowest BCUT2D eigenvalue weighted by atomic mass is 10.0. The summed E-state index contributed by atoms with van der Waals surface area (Å²) in [6.07, 6.45) is 2.76. The van der Waals surface area contributed by atoms with Crippen LogP contribution in [0.25, 0.3) is 0 Å². The van der Waals surface area contributed by atoms with E-state index in [-0.39, 0.29) is 23.8 Å². The average molecular weight is 240 g/mol. The zero-order valence-corrected chi connectivity index (χ0v) is 9.96. The number of nitrogens with zero attached hydrogens (tertiary/aromatic N) is 2. The number of aryl methyl sites for hydroxylation is 1. The third-order valence-electron chi connectivity index (χ3n) is 2.51. The van der Waals surface area contributed by atoms with Gasteiger partial charge in [0.2, 0.25) is 5.78 Å². The minimum atomic E-state index is -0.360. The third-order valence-corrected chi connectivity index (χ3v) is 2.51. The molecule has 2 aromatic rings. The molecule has 0 saturated carbocycles. The van der Waals surface area contributed by atoms with Crippen LogP contribution in [0.4, 0.5) is 0 Å². The van der Waals surface area contributed by atoms with E-state index < -0.39 is 0 Å². The molecule has 0 unspecified atom stereocenters. The first-order chi connectivity index (χ1) is 8.66. The van der Waals surface area contributed by atoms with Gasteiger partial charge in [0.25, 0.3) is 0 Å². The van der Waals surface area contributed by atoms with E-state index in [0.717, 1.165) is 5.56 Å². The minimum absolute atomic E-state index is 0.0814. The fourth-order valence-electron chi connectivity index (χ4n) is 1.51. The second-order valence-electron chi connectivity index (χ2n) is 3.96. The Morgan fingerprint density at radius 1 is 1.00 bits per heavy atom. The number of carbonyl (C=O) groups excluding carboxylic acids is 2. The molecule has 90 valence electrons. The fraction of sp³-hybridized carbons (Fsp3) is 0.143. The summed E-state index contributed by atoms with van der Waals surface area (Å²) in [4.78, 5) is 31.3. The van der Waals surface area contributed by atoms with Crippen molar-refractivity contribution in [3.63, 3.8) is 0 Å². The van der Waals surface area contributed by atoms with E-state index in [0.29, 0.717) is 5.56 Å². The lowest BCUT2D eigenvalue weighted by Crippen LogP contribution is -2.11. The first-order valence-corrected chi connectivity index (χ1v) is 5.57. The number of Topliss-reactive ketones (excluding diaryl/α,β-unsaturated/α-hetero) is 2. The number of benzene rings is 1. The zero-order chi connectivity index (χ0) is 13.0. The molecule has 0 aliphatic heterocycles. The van der Waals surface area contributed by atoms with Crippen molar-refractivity contribution < 1.29 is 9.59 Å². The summed E-state index contributed by atoms with van der Waals surface area (Å²) in [6, 6.07) is 8.75. The Morgan fingerprint density at radius 2 is 1.61 bits per heavy atom. The molecule has 0 saturated heterocycles. The van der Waals surface area contributed by atoms with Crippen molar-refractivity contribution in [3.8, 4) is 0 Å². The summed E-state index contributed by atoms with van der Waals surface area (Å²) in [7, 11) is 0. The highest BCUT2D eigenvalue weighted by Crippen LogP contribution is 2.08. The van der Waals surface area contributed by atoms with E-state index in [2.05, 4.69) is 9.97 Å². The van der Waals surface area contributed by atoms with Crippen LogP contribution in [0.2, 0.25) is 0 Å². The Morgan fingerprint density at radius 3 is 2.22 bits per heavy atom. The van der Waals surface area contributed by atoms with Crippen LogP contribution >= 0.6 is 0 Å². The van der Waals surface area contributed by atoms with Crippen LogP contribution < -0.4 is 0 Å². The molecule has 0 bridgehead atoms. The molecule has 0 atom stereocenters. The summed E-state index contributed by atoms with van der Waals surface area (Å²) in [5.74, 6) is -0.494. The Kier molecular flexibility index (Phi) is 3.57. The summed E-state index contributed by atoms with van der Waals surface area (Å²) >= 11 is 0.